The van der Waals surface area contributed by atoms with Gasteiger partial charge in [-0.1, -0.05) is 12.1 Å². The molecule has 4 heterocycles. The number of ether oxygens (including phenoxy) is 1. The number of anilines is 1. The van der Waals surface area contributed by atoms with Gasteiger partial charge in [0.05, 0.1) is 11.9 Å². The van der Waals surface area contributed by atoms with Gasteiger partial charge in [-0.2, -0.15) is 0 Å². The largest absolute Gasteiger partial charge is 0.439 e. The minimum Gasteiger partial charge on any atom is -0.439 e. The Morgan fingerprint density at radius 1 is 1.00 bits per heavy atom. The third kappa shape index (κ3) is 3.89. The monoisotopic (exact) mass is 464 g/mol. The summed E-state index contributed by atoms with van der Waals surface area (Å²) in [6.07, 6.45) is 3.53. The van der Waals surface area contributed by atoms with Crippen molar-refractivity contribution in [2.75, 3.05) is 24.5 Å². The number of likely N-dealkylation sites (tertiary alicyclic amines) is 1. The van der Waals surface area contributed by atoms with Crippen LogP contribution >= 0.6 is 0 Å². The van der Waals surface area contributed by atoms with Gasteiger partial charge in [-0.25, -0.2) is 14.6 Å². The van der Waals surface area contributed by atoms with E-state index in [1.807, 2.05) is 12.1 Å². The standard InChI is InChI=1S/C23H24N6O5/c30-19-23(20(31)27-21(32)26-19)9-1-12-29(23)16-5-8-18(24-14-16)34-17-6-3-15(4-7-17)13-25-22(33)28-10-2-11-28/h3-8,14H,1-2,9-13H2,(H,25,33)(H2,26,27,30,31,32). The second-order valence-electron chi connectivity index (χ2n) is 8.45. The van der Waals surface area contributed by atoms with Gasteiger partial charge < -0.3 is 19.9 Å². The number of rotatable bonds is 5. The molecule has 176 valence electrons. The lowest BCUT2D eigenvalue weighted by atomic mass is 9.92. The van der Waals surface area contributed by atoms with Crippen molar-refractivity contribution < 1.29 is 23.9 Å². The van der Waals surface area contributed by atoms with Gasteiger partial charge in [-0.15, -0.1) is 0 Å². The zero-order valence-corrected chi connectivity index (χ0v) is 18.4. The number of carbonyl (C=O) groups excluding carboxylic acids is 4. The van der Waals surface area contributed by atoms with E-state index in [-0.39, 0.29) is 6.03 Å². The average Bonchev–Trinajstić information content (AvgIpc) is 3.23. The summed E-state index contributed by atoms with van der Waals surface area (Å²) in [6.45, 7) is 2.53. The number of pyridine rings is 1. The molecule has 3 aliphatic rings. The molecule has 1 spiro atoms. The molecular formula is C23H24N6O5. The lowest BCUT2D eigenvalue weighted by Gasteiger charge is -2.38. The molecule has 0 aliphatic carbocycles. The topological polar surface area (TPSA) is 133 Å². The summed E-state index contributed by atoms with van der Waals surface area (Å²) >= 11 is 0. The molecule has 0 radical (unpaired) electrons. The van der Waals surface area contributed by atoms with Gasteiger partial charge in [0, 0.05) is 32.2 Å². The molecule has 11 heteroatoms. The van der Waals surface area contributed by atoms with Crippen LogP contribution in [-0.2, 0) is 16.1 Å². The number of carbonyl (C=O) groups is 4. The van der Waals surface area contributed by atoms with E-state index in [1.165, 1.54) is 0 Å². The van der Waals surface area contributed by atoms with Crippen LogP contribution in [0, 0.1) is 0 Å². The van der Waals surface area contributed by atoms with Crippen LogP contribution in [0.5, 0.6) is 11.6 Å². The molecular weight excluding hydrogens is 440 g/mol. The predicted molar refractivity (Wildman–Crippen MR) is 120 cm³/mol. The van der Waals surface area contributed by atoms with Gasteiger partial charge in [0.25, 0.3) is 11.8 Å². The first-order valence-electron chi connectivity index (χ1n) is 11.2. The van der Waals surface area contributed by atoms with E-state index in [2.05, 4.69) is 20.9 Å². The van der Waals surface area contributed by atoms with Crippen LogP contribution in [0.25, 0.3) is 0 Å². The van der Waals surface area contributed by atoms with Crippen LogP contribution < -0.4 is 25.6 Å². The molecule has 34 heavy (non-hydrogen) atoms. The van der Waals surface area contributed by atoms with Crippen molar-refractivity contribution in [2.45, 2.75) is 31.3 Å². The van der Waals surface area contributed by atoms with Gasteiger partial charge in [0.1, 0.15) is 5.75 Å². The minimum absolute atomic E-state index is 0.0505. The summed E-state index contributed by atoms with van der Waals surface area (Å²) in [4.78, 5) is 56.3. The second-order valence-corrected chi connectivity index (χ2v) is 8.45. The molecule has 5 rings (SSSR count). The summed E-state index contributed by atoms with van der Waals surface area (Å²) in [5.74, 6) is -0.315. The fourth-order valence-corrected chi connectivity index (χ4v) is 4.39. The summed E-state index contributed by atoms with van der Waals surface area (Å²) in [6, 6.07) is 9.86. The third-order valence-electron chi connectivity index (χ3n) is 6.35. The van der Waals surface area contributed by atoms with Crippen molar-refractivity contribution in [1.29, 1.82) is 0 Å². The first kappa shape index (κ1) is 21.7. The van der Waals surface area contributed by atoms with Crippen LogP contribution in [-0.4, -0.2) is 58.9 Å². The fourth-order valence-electron chi connectivity index (χ4n) is 4.39. The van der Waals surface area contributed by atoms with Crippen LogP contribution in [0.4, 0.5) is 15.3 Å². The molecule has 1 aromatic carbocycles. The quantitative estimate of drug-likeness (QED) is 0.571. The molecule has 0 saturated carbocycles. The molecule has 3 aliphatic heterocycles. The van der Waals surface area contributed by atoms with Gasteiger partial charge in [0.2, 0.25) is 5.88 Å². The van der Waals surface area contributed by atoms with E-state index in [0.717, 1.165) is 25.1 Å². The number of imide groups is 2. The highest BCUT2D eigenvalue weighted by Crippen LogP contribution is 2.36. The van der Waals surface area contributed by atoms with E-state index in [9.17, 15) is 19.2 Å². The number of aromatic nitrogens is 1. The first-order chi connectivity index (χ1) is 16.5. The predicted octanol–water partition coefficient (Wildman–Crippen LogP) is 1.49. The SMILES string of the molecule is O=C1NC(=O)C2(CCCN2c2ccc(Oc3ccc(CNC(=O)N4CCC4)cc3)nc2)C(=O)N1. The van der Waals surface area contributed by atoms with Crippen LogP contribution in [0.1, 0.15) is 24.8 Å². The van der Waals surface area contributed by atoms with Gasteiger partial charge in [0.15, 0.2) is 5.54 Å². The Hall–Kier alpha value is -4.15. The Kier molecular flexibility index (Phi) is 5.52. The number of barbiturate groups is 1. The summed E-state index contributed by atoms with van der Waals surface area (Å²) in [5, 5.41) is 7.28. The first-order valence-corrected chi connectivity index (χ1v) is 11.2. The van der Waals surface area contributed by atoms with Gasteiger partial charge in [-0.3, -0.25) is 20.2 Å². The molecule has 3 N–H and O–H groups in total. The number of nitrogens with one attached hydrogen (secondary N) is 3. The summed E-state index contributed by atoms with van der Waals surface area (Å²) < 4.78 is 5.81. The van der Waals surface area contributed by atoms with Crippen molar-refractivity contribution in [2.24, 2.45) is 0 Å². The van der Waals surface area contributed by atoms with Gasteiger partial charge in [-0.05, 0) is 43.0 Å². The number of urea groups is 2. The molecule has 3 saturated heterocycles. The maximum atomic E-state index is 12.6. The Morgan fingerprint density at radius 2 is 1.74 bits per heavy atom. The third-order valence-corrected chi connectivity index (χ3v) is 6.35. The van der Waals surface area contributed by atoms with Crippen molar-refractivity contribution in [3.05, 3.63) is 48.2 Å². The number of benzene rings is 1. The van der Waals surface area contributed by atoms with E-state index in [1.54, 1.807) is 40.3 Å². The highest BCUT2D eigenvalue weighted by atomic mass is 16.5. The van der Waals surface area contributed by atoms with E-state index < -0.39 is 23.4 Å². The number of amides is 6. The maximum absolute atomic E-state index is 12.6. The van der Waals surface area contributed by atoms with Crippen molar-refractivity contribution >= 4 is 29.6 Å². The molecule has 1 aromatic heterocycles. The maximum Gasteiger partial charge on any atom is 0.328 e. The lowest BCUT2D eigenvalue weighted by molar-refractivity contribution is -0.137. The van der Waals surface area contributed by atoms with E-state index >= 15 is 0 Å². The van der Waals surface area contributed by atoms with E-state index in [4.69, 9.17) is 4.74 Å². The molecule has 0 bridgehead atoms. The molecule has 0 atom stereocenters. The zero-order chi connectivity index (χ0) is 23.7. The minimum atomic E-state index is -1.46. The Morgan fingerprint density at radius 3 is 2.35 bits per heavy atom. The smallest absolute Gasteiger partial charge is 0.328 e. The normalized spacial score (nSPS) is 18.9. The molecule has 3 fully saturated rings. The molecule has 11 nitrogen and oxygen atoms in total. The van der Waals surface area contributed by atoms with Crippen LogP contribution in [0.15, 0.2) is 42.6 Å². The van der Waals surface area contributed by atoms with Crippen molar-refractivity contribution in [1.82, 2.24) is 25.8 Å². The molecule has 6 amide bonds. The van der Waals surface area contributed by atoms with Crippen molar-refractivity contribution in [3.8, 4) is 11.6 Å². The van der Waals surface area contributed by atoms with Crippen LogP contribution in [0.2, 0.25) is 0 Å². The van der Waals surface area contributed by atoms with Gasteiger partial charge >= 0.3 is 12.1 Å². The number of hydrogen-bond donors (Lipinski definition) is 3. The fraction of sp³-hybridized carbons (Fsp3) is 0.348. The van der Waals surface area contributed by atoms with E-state index in [0.29, 0.717) is 43.2 Å². The Labute approximate surface area is 195 Å². The van der Waals surface area contributed by atoms with Crippen molar-refractivity contribution in [3.63, 3.8) is 0 Å². The highest BCUT2D eigenvalue weighted by Gasteiger charge is 2.57. The highest BCUT2D eigenvalue weighted by molar-refractivity contribution is 6.24. The summed E-state index contributed by atoms with van der Waals surface area (Å²) in [5.41, 5.74) is 0.0722. The van der Waals surface area contributed by atoms with Crippen LogP contribution in [0.3, 0.4) is 0 Å². The lowest BCUT2D eigenvalue weighted by Crippen LogP contribution is -2.71. The molecule has 0 unspecified atom stereocenters. The number of nitrogens with zero attached hydrogens (tertiary/aromatic N) is 3. The Bertz CT molecular complexity index is 1110. The average molecular weight is 464 g/mol. The molecule has 2 aromatic rings. The summed E-state index contributed by atoms with van der Waals surface area (Å²) in [7, 11) is 0. The number of hydrogen-bond acceptors (Lipinski definition) is 7. The zero-order valence-electron chi connectivity index (χ0n) is 18.4. The second kappa shape index (κ2) is 8.65. The Balaban J connectivity index is 1.22.